The average Bonchev–Trinajstić information content (AvgIpc) is 2.61. The largest absolute Gasteiger partial charge is 0.494 e. The maximum Gasteiger partial charge on any atom is 0.253 e. The van der Waals surface area contributed by atoms with Crippen LogP contribution in [0.3, 0.4) is 0 Å². The Morgan fingerprint density at radius 1 is 1.12 bits per heavy atom. The fourth-order valence-corrected chi connectivity index (χ4v) is 2.78. The molecule has 1 heterocycles. The van der Waals surface area contributed by atoms with Gasteiger partial charge in [0.05, 0.1) is 19.3 Å². The van der Waals surface area contributed by atoms with Gasteiger partial charge in [-0.05, 0) is 38.1 Å². The van der Waals surface area contributed by atoms with Crippen molar-refractivity contribution in [2.45, 2.75) is 20.0 Å². The highest BCUT2D eigenvalue weighted by atomic mass is 16.5. The number of hydrogen-bond acceptors (Lipinski definition) is 5. The maximum atomic E-state index is 12.5. The predicted octanol–water partition coefficient (Wildman–Crippen LogP) is 1.24. The van der Waals surface area contributed by atoms with Crippen molar-refractivity contribution >= 4 is 5.91 Å². The smallest absolute Gasteiger partial charge is 0.253 e. The molecule has 1 unspecified atom stereocenters. The standard InChI is InChI=1S/C18H28N2O4/c1-3-23-14-16(21)13-19-9-11-20(12-10-19)18(22)15-5-7-17(8-6-15)24-4-2/h5-8,16,21H,3-4,9-14H2,1-2H3. The van der Waals surface area contributed by atoms with Crippen LogP contribution in [0.1, 0.15) is 24.2 Å². The van der Waals surface area contributed by atoms with Crippen LogP contribution in [0.25, 0.3) is 0 Å². The van der Waals surface area contributed by atoms with Gasteiger partial charge in [0.15, 0.2) is 0 Å². The summed E-state index contributed by atoms with van der Waals surface area (Å²) in [5, 5.41) is 9.90. The molecule has 1 saturated heterocycles. The molecule has 0 aliphatic carbocycles. The minimum atomic E-state index is -0.474. The third kappa shape index (κ3) is 5.47. The van der Waals surface area contributed by atoms with E-state index in [-0.39, 0.29) is 5.91 Å². The Morgan fingerprint density at radius 3 is 2.38 bits per heavy atom. The van der Waals surface area contributed by atoms with Crippen molar-refractivity contribution in [3.05, 3.63) is 29.8 Å². The second-order valence-corrected chi connectivity index (χ2v) is 5.86. The summed E-state index contributed by atoms with van der Waals surface area (Å²) < 4.78 is 10.6. The van der Waals surface area contributed by atoms with E-state index in [9.17, 15) is 9.90 Å². The fraction of sp³-hybridized carbons (Fsp3) is 0.611. The van der Waals surface area contributed by atoms with Crippen molar-refractivity contribution in [1.29, 1.82) is 0 Å². The molecule has 6 heteroatoms. The Kier molecular flexibility index (Phi) is 7.49. The van der Waals surface area contributed by atoms with Crippen molar-refractivity contribution in [1.82, 2.24) is 9.80 Å². The SMILES string of the molecule is CCOCC(O)CN1CCN(C(=O)c2ccc(OCC)cc2)CC1. The highest BCUT2D eigenvalue weighted by Crippen LogP contribution is 2.15. The highest BCUT2D eigenvalue weighted by molar-refractivity contribution is 5.94. The summed E-state index contributed by atoms with van der Waals surface area (Å²) in [6, 6.07) is 7.28. The van der Waals surface area contributed by atoms with Crippen LogP contribution in [0.15, 0.2) is 24.3 Å². The Morgan fingerprint density at radius 2 is 1.79 bits per heavy atom. The molecule has 1 aliphatic heterocycles. The molecule has 0 bridgehead atoms. The van der Waals surface area contributed by atoms with Crippen molar-refractivity contribution in [3.8, 4) is 5.75 Å². The molecule has 1 aromatic carbocycles. The van der Waals surface area contributed by atoms with E-state index in [2.05, 4.69) is 4.90 Å². The van der Waals surface area contributed by atoms with Crippen molar-refractivity contribution in [2.75, 3.05) is 52.5 Å². The van der Waals surface area contributed by atoms with Gasteiger partial charge in [0.25, 0.3) is 5.91 Å². The lowest BCUT2D eigenvalue weighted by molar-refractivity contribution is 0.0111. The Hall–Kier alpha value is -1.63. The zero-order valence-corrected chi connectivity index (χ0v) is 14.6. The van der Waals surface area contributed by atoms with Crippen molar-refractivity contribution in [3.63, 3.8) is 0 Å². The summed E-state index contributed by atoms with van der Waals surface area (Å²) in [4.78, 5) is 16.6. The summed E-state index contributed by atoms with van der Waals surface area (Å²) in [5.74, 6) is 0.828. The molecule has 0 aromatic heterocycles. The molecule has 1 N–H and O–H groups in total. The van der Waals surface area contributed by atoms with Crippen LogP contribution < -0.4 is 4.74 Å². The molecule has 0 spiro atoms. The third-order valence-corrected chi connectivity index (χ3v) is 4.06. The summed E-state index contributed by atoms with van der Waals surface area (Å²) in [5.41, 5.74) is 0.684. The van der Waals surface area contributed by atoms with E-state index in [0.29, 0.717) is 45.0 Å². The van der Waals surface area contributed by atoms with E-state index < -0.39 is 6.10 Å². The van der Waals surface area contributed by atoms with Gasteiger partial charge >= 0.3 is 0 Å². The molecular weight excluding hydrogens is 308 g/mol. The number of rotatable bonds is 8. The van der Waals surface area contributed by atoms with Crippen LogP contribution in [0.5, 0.6) is 5.75 Å². The lowest BCUT2D eigenvalue weighted by atomic mass is 10.1. The molecule has 0 saturated carbocycles. The van der Waals surface area contributed by atoms with E-state index >= 15 is 0 Å². The van der Waals surface area contributed by atoms with Gasteiger partial charge < -0.3 is 19.5 Å². The van der Waals surface area contributed by atoms with Gasteiger partial charge in [-0.2, -0.15) is 0 Å². The minimum absolute atomic E-state index is 0.0487. The van der Waals surface area contributed by atoms with Crippen LogP contribution in [-0.4, -0.2) is 79.5 Å². The van der Waals surface area contributed by atoms with Crippen molar-refractivity contribution in [2.24, 2.45) is 0 Å². The number of amides is 1. The molecule has 1 amide bonds. The molecule has 134 valence electrons. The van der Waals surface area contributed by atoms with E-state index in [1.165, 1.54) is 0 Å². The zero-order valence-electron chi connectivity index (χ0n) is 14.6. The molecule has 24 heavy (non-hydrogen) atoms. The number of aliphatic hydroxyl groups is 1. The summed E-state index contributed by atoms with van der Waals surface area (Å²) >= 11 is 0. The van der Waals surface area contributed by atoms with E-state index in [0.717, 1.165) is 18.8 Å². The van der Waals surface area contributed by atoms with Crippen LogP contribution >= 0.6 is 0 Å². The summed E-state index contributed by atoms with van der Waals surface area (Å²) in [7, 11) is 0. The molecule has 1 fully saturated rings. The van der Waals surface area contributed by atoms with E-state index in [1.54, 1.807) is 0 Å². The van der Waals surface area contributed by atoms with E-state index in [1.807, 2.05) is 43.0 Å². The molecule has 1 aliphatic rings. The first kappa shape index (κ1) is 18.7. The first-order valence-electron chi connectivity index (χ1n) is 8.64. The number of benzene rings is 1. The topological polar surface area (TPSA) is 62.2 Å². The van der Waals surface area contributed by atoms with Gasteiger partial charge in [-0.15, -0.1) is 0 Å². The number of carbonyl (C=O) groups is 1. The number of piperazine rings is 1. The monoisotopic (exact) mass is 336 g/mol. The van der Waals surface area contributed by atoms with Gasteiger partial charge in [0, 0.05) is 44.9 Å². The lowest BCUT2D eigenvalue weighted by Crippen LogP contribution is -2.50. The Bertz CT molecular complexity index is 498. The van der Waals surface area contributed by atoms with Crippen LogP contribution in [0.2, 0.25) is 0 Å². The van der Waals surface area contributed by atoms with Crippen LogP contribution in [0.4, 0.5) is 0 Å². The molecule has 0 radical (unpaired) electrons. The number of hydrogen-bond donors (Lipinski definition) is 1. The number of β-amino-alcohol motifs (C(OH)–C–C–N with tert-alkyl or cyclic N) is 1. The molecular formula is C18H28N2O4. The normalized spacial score (nSPS) is 16.9. The van der Waals surface area contributed by atoms with Gasteiger partial charge in [-0.3, -0.25) is 9.69 Å². The average molecular weight is 336 g/mol. The second kappa shape index (κ2) is 9.61. The van der Waals surface area contributed by atoms with Crippen molar-refractivity contribution < 1.29 is 19.4 Å². The maximum absolute atomic E-state index is 12.5. The van der Waals surface area contributed by atoms with Crippen LogP contribution in [-0.2, 0) is 4.74 Å². The highest BCUT2D eigenvalue weighted by Gasteiger charge is 2.23. The lowest BCUT2D eigenvalue weighted by Gasteiger charge is -2.35. The molecule has 6 nitrogen and oxygen atoms in total. The first-order valence-corrected chi connectivity index (χ1v) is 8.64. The van der Waals surface area contributed by atoms with Gasteiger partial charge in [0.2, 0.25) is 0 Å². The fourth-order valence-electron chi connectivity index (χ4n) is 2.78. The van der Waals surface area contributed by atoms with Crippen LogP contribution in [0, 0.1) is 0 Å². The Labute approximate surface area is 144 Å². The summed E-state index contributed by atoms with van der Waals surface area (Å²) in [6.45, 7) is 8.92. The van der Waals surface area contributed by atoms with E-state index in [4.69, 9.17) is 9.47 Å². The Balaban J connectivity index is 1.79. The number of nitrogens with zero attached hydrogens (tertiary/aromatic N) is 2. The quantitative estimate of drug-likeness (QED) is 0.774. The third-order valence-electron chi connectivity index (χ3n) is 4.06. The molecule has 1 aromatic rings. The van der Waals surface area contributed by atoms with Gasteiger partial charge in [0.1, 0.15) is 5.75 Å². The zero-order chi connectivity index (χ0) is 17.4. The number of ether oxygens (including phenoxy) is 2. The molecule has 2 rings (SSSR count). The first-order chi connectivity index (χ1) is 11.6. The van der Waals surface area contributed by atoms with Gasteiger partial charge in [-0.25, -0.2) is 0 Å². The number of carbonyl (C=O) groups excluding carboxylic acids is 1. The minimum Gasteiger partial charge on any atom is -0.494 e. The second-order valence-electron chi connectivity index (χ2n) is 5.86. The summed E-state index contributed by atoms with van der Waals surface area (Å²) in [6.07, 6.45) is -0.474. The molecule has 1 atom stereocenters. The number of aliphatic hydroxyl groups excluding tert-OH is 1. The van der Waals surface area contributed by atoms with Gasteiger partial charge in [-0.1, -0.05) is 0 Å². The predicted molar refractivity (Wildman–Crippen MR) is 92.5 cm³/mol.